The SMILES string of the molecule is Cc1c2c(=O)[nH]c3ccc(I)cc3c2nn1C1CCCCO1. The van der Waals surface area contributed by atoms with Crippen LogP contribution in [0.2, 0.25) is 0 Å². The minimum atomic E-state index is -0.0803. The Labute approximate surface area is 140 Å². The fourth-order valence-corrected chi connectivity index (χ4v) is 3.67. The number of aryl methyl sites for hydroxylation is 1. The topological polar surface area (TPSA) is 59.9 Å². The number of hydrogen-bond acceptors (Lipinski definition) is 3. The lowest BCUT2D eigenvalue weighted by atomic mass is 10.1. The van der Waals surface area contributed by atoms with Crippen molar-refractivity contribution >= 4 is 44.4 Å². The molecule has 114 valence electrons. The van der Waals surface area contributed by atoms with Crippen molar-refractivity contribution in [3.05, 3.63) is 37.8 Å². The molecule has 0 radical (unpaired) electrons. The van der Waals surface area contributed by atoms with E-state index in [0.717, 1.165) is 51.6 Å². The van der Waals surface area contributed by atoms with E-state index in [1.807, 2.05) is 23.7 Å². The first-order chi connectivity index (χ1) is 10.6. The van der Waals surface area contributed by atoms with Gasteiger partial charge in [-0.2, -0.15) is 5.10 Å². The summed E-state index contributed by atoms with van der Waals surface area (Å²) < 4.78 is 8.85. The van der Waals surface area contributed by atoms with Crippen LogP contribution in [-0.2, 0) is 4.74 Å². The van der Waals surface area contributed by atoms with Crippen LogP contribution in [0, 0.1) is 10.5 Å². The van der Waals surface area contributed by atoms with Gasteiger partial charge in [0, 0.05) is 15.6 Å². The average Bonchev–Trinajstić information content (AvgIpc) is 2.88. The number of aromatic amines is 1. The van der Waals surface area contributed by atoms with Crippen LogP contribution in [0.15, 0.2) is 23.0 Å². The highest BCUT2D eigenvalue weighted by molar-refractivity contribution is 14.1. The Kier molecular flexibility index (Phi) is 3.45. The third-order valence-corrected chi connectivity index (χ3v) is 4.96. The molecule has 0 amide bonds. The number of nitrogens with one attached hydrogen (secondary N) is 1. The molecule has 1 aromatic carbocycles. The monoisotopic (exact) mass is 409 g/mol. The predicted molar refractivity (Wildman–Crippen MR) is 94.2 cm³/mol. The van der Waals surface area contributed by atoms with Gasteiger partial charge in [0.2, 0.25) is 0 Å². The van der Waals surface area contributed by atoms with Crippen LogP contribution in [0.4, 0.5) is 0 Å². The molecule has 2 aromatic heterocycles. The molecule has 3 aromatic rings. The van der Waals surface area contributed by atoms with Gasteiger partial charge in [-0.05, 0) is 67.0 Å². The Hall–Kier alpha value is -1.41. The molecular weight excluding hydrogens is 393 g/mol. The molecule has 1 atom stereocenters. The van der Waals surface area contributed by atoms with Crippen LogP contribution in [0.1, 0.15) is 31.2 Å². The number of nitrogens with zero attached hydrogens (tertiary/aromatic N) is 2. The zero-order chi connectivity index (χ0) is 15.3. The van der Waals surface area contributed by atoms with E-state index >= 15 is 0 Å². The first kappa shape index (κ1) is 14.2. The van der Waals surface area contributed by atoms with E-state index in [2.05, 4.69) is 33.6 Å². The summed E-state index contributed by atoms with van der Waals surface area (Å²) in [4.78, 5) is 15.4. The van der Waals surface area contributed by atoms with E-state index in [-0.39, 0.29) is 11.8 Å². The fourth-order valence-electron chi connectivity index (χ4n) is 3.18. The highest BCUT2D eigenvalue weighted by Crippen LogP contribution is 2.29. The first-order valence-electron chi connectivity index (χ1n) is 7.47. The number of benzene rings is 1. The molecule has 1 aliphatic rings. The van der Waals surface area contributed by atoms with Crippen LogP contribution >= 0.6 is 22.6 Å². The van der Waals surface area contributed by atoms with Crippen molar-refractivity contribution in [2.75, 3.05) is 6.61 Å². The molecule has 0 aliphatic carbocycles. The lowest BCUT2D eigenvalue weighted by molar-refractivity contribution is -0.0402. The van der Waals surface area contributed by atoms with Crippen molar-refractivity contribution in [1.29, 1.82) is 0 Å². The maximum Gasteiger partial charge on any atom is 0.259 e. The fraction of sp³-hybridized carbons (Fsp3) is 0.375. The Morgan fingerprint density at radius 2 is 2.27 bits per heavy atom. The van der Waals surface area contributed by atoms with Crippen LogP contribution < -0.4 is 5.56 Å². The Morgan fingerprint density at radius 3 is 3.05 bits per heavy atom. The predicted octanol–water partition coefficient (Wildman–Crippen LogP) is 3.49. The molecule has 1 fully saturated rings. The van der Waals surface area contributed by atoms with E-state index in [1.54, 1.807) is 0 Å². The van der Waals surface area contributed by atoms with E-state index in [0.29, 0.717) is 5.39 Å². The van der Waals surface area contributed by atoms with Crippen molar-refractivity contribution in [1.82, 2.24) is 14.8 Å². The van der Waals surface area contributed by atoms with Crippen molar-refractivity contribution < 1.29 is 4.74 Å². The minimum absolute atomic E-state index is 0.0571. The smallest absolute Gasteiger partial charge is 0.259 e. The molecule has 3 heterocycles. The second kappa shape index (κ2) is 5.34. The molecule has 0 spiro atoms. The maximum absolute atomic E-state index is 12.4. The molecule has 0 saturated carbocycles. The third kappa shape index (κ3) is 2.16. The molecule has 1 aliphatic heterocycles. The van der Waals surface area contributed by atoms with Gasteiger partial charge in [-0.25, -0.2) is 4.68 Å². The summed E-state index contributed by atoms with van der Waals surface area (Å²) in [6, 6.07) is 5.98. The summed E-state index contributed by atoms with van der Waals surface area (Å²) in [7, 11) is 0. The number of pyridine rings is 1. The van der Waals surface area contributed by atoms with Gasteiger partial charge in [-0.1, -0.05) is 0 Å². The van der Waals surface area contributed by atoms with Gasteiger partial charge in [0.15, 0.2) is 0 Å². The van der Waals surface area contributed by atoms with Gasteiger partial charge in [-0.15, -0.1) is 0 Å². The first-order valence-corrected chi connectivity index (χ1v) is 8.55. The van der Waals surface area contributed by atoms with E-state index in [9.17, 15) is 4.79 Å². The molecule has 1 saturated heterocycles. The van der Waals surface area contributed by atoms with Gasteiger partial charge < -0.3 is 9.72 Å². The zero-order valence-electron chi connectivity index (χ0n) is 12.2. The quantitative estimate of drug-likeness (QED) is 0.626. The van der Waals surface area contributed by atoms with Crippen molar-refractivity contribution in [2.24, 2.45) is 0 Å². The highest BCUT2D eigenvalue weighted by Gasteiger charge is 2.22. The van der Waals surface area contributed by atoms with Gasteiger partial charge in [0.05, 0.1) is 16.6 Å². The van der Waals surface area contributed by atoms with Gasteiger partial charge in [0.1, 0.15) is 11.7 Å². The molecule has 6 heteroatoms. The van der Waals surface area contributed by atoms with Crippen LogP contribution in [0.25, 0.3) is 21.8 Å². The molecule has 4 rings (SSSR count). The molecule has 1 unspecified atom stereocenters. The third-order valence-electron chi connectivity index (χ3n) is 4.29. The molecule has 1 N–H and O–H groups in total. The number of fused-ring (bicyclic) bond motifs is 3. The van der Waals surface area contributed by atoms with Crippen LogP contribution in [0.3, 0.4) is 0 Å². The largest absolute Gasteiger partial charge is 0.357 e. The van der Waals surface area contributed by atoms with Crippen LogP contribution in [0.5, 0.6) is 0 Å². The summed E-state index contributed by atoms with van der Waals surface area (Å²) in [6.07, 6.45) is 3.12. The lowest BCUT2D eigenvalue weighted by Gasteiger charge is -2.23. The summed E-state index contributed by atoms with van der Waals surface area (Å²) in [6.45, 7) is 2.71. The minimum Gasteiger partial charge on any atom is -0.357 e. The van der Waals surface area contributed by atoms with Crippen LogP contribution in [-0.4, -0.2) is 21.4 Å². The normalized spacial score (nSPS) is 19.1. The summed E-state index contributed by atoms with van der Waals surface area (Å²) in [5, 5.41) is 6.39. The van der Waals surface area contributed by atoms with Crippen molar-refractivity contribution in [3.63, 3.8) is 0 Å². The molecule has 5 nitrogen and oxygen atoms in total. The number of rotatable bonds is 1. The molecular formula is C16H16IN3O2. The second-order valence-electron chi connectivity index (χ2n) is 5.72. The Bertz CT molecular complexity index is 922. The molecule has 22 heavy (non-hydrogen) atoms. The van der Waals surface area contributed by atoms with Gasteiger partial charge in [0.25, 0.3) is 5.56 Å². The lowest BCUT2D eigenvalue weighted by Crippen LogP contribution is -2.20. The number of hydrogen-bond donors (Lipinski definition) is 1. The van der Waals surface area contributed by atoms with E-state index in [4.69, 9.17) is 9.84 Å². The second-order valence-corrected chi connectivity index (χ2v) is 6.96. The van der Waals surface area contributed by atoms with Crippen molar-refractivity contribution in [2.45, 2.75) is 32.4 Å². The number of H-pyrrole nitrogens is 1. The van der Waals surface area contributed by atoms with Gasteiger partial charge in [-0.3, -0.25) is 4.79 Å². The number of ether oxygens (including phenoxy) is 1. The Balaban J connectivity index is 2.03. The summed E-state index contributed by atoms with van der Waals surface area (Å²) in [5.41, 5.74) is 2.39. The average molecular weight is 409 g/mol. The van der Waals surface area contributed by atoms with Crippen molar-refractivity contribution in [3.8, 4) is 0 Å². The standard InChI is InChI=1S/C16H16IN3O2/c1-9-14-15(19-20(9)13-4-2-3-7-22-13)11-8-10(17)5-6-12(11)18-16(14)21/h5-6,8,13H,2-4,7H2,1H3,(H,18,21). The zero-order valence-corrected chi connectivity index (χ0v) is 14.4. The van der Waals surface area contributed by atoms with Gasteiger partial charge >= 0.3 is 0 Å². The number of aromatic nitrogens is 3. The molecule has 0 bridgehead atoms. The maximum atomic E-state index is 12.4. The van der Waals surface area contributed by atoms with E-state index in [1.165, 1.54) is 0 Å². The summed E-state index contributed by atoms with van der Waals surface area (Å²) in [5.74, 6) is 0. The summed E-state index contributed by atoms with van der Waals surface area (Å²) >= 11 is 2.28. The number of halogens is 1. The highest BCUT2D eigenvalue weighted by atomic mass is 127. The Morgan fingerprint density at radius 1 is 1.41 bits per heavy atom. The van der Waals surface area contributed by atoms with E-state index < -0.39 is 0 Å².